The second-order valence-electron chi connectivity index (χ2n) is 4.27. The van der Waals surface area contributed by atoms with Crippen molar-refractivity contribution in [2.24, 2.45) is 0 Å². The van der Waals surface area contributed by atoms with Gasteiger partial charge in [0.1, 0.15) is 0 Å². The highest BCUT2D eigenvalue weighted by atomic mass is 32.1. The van der Waals surface area contributed by atoms with E-state index in [9.17, 15) is 0 Å². The summed E-state index contributed by atoms with van der Waals surface area (Å²) in [5.41, 5.74) is 1.26. The SMILES string of the molecule is C#Cc1cc(CCCCCCCC)c(C#C)s1. The van der Waals surface area contributed by atoms with Gasteiger partial charge in [-0.3, -0.25) is 0 Å². The van der Waals surface area contributed by atoms with E-state index in [4.69, 9.17) is 12.8 Å². The average Bonchev–Trinajstić information content (AvgIpc) is 2.76. The summed E-state index contributed by atoms with van der Waals surface area (Å²) in [4.78, 5) is 1.98. The smallest absolute Gasteiger partial charge is 0.0811 e. The lowest BCUT2D eigenvalue weighted by Crippen LogP contribution is -1.86. The normalized spacial score (nSPS) is 9.82. The van der Waals surface area contributed by atoms with Crippen LogP contribution >= 0.6 is 11.3 Å². The fourth-order valence-corrected chi connectivity index (χ4v) is 2.73. The third kappa shape index (κ3) is 4.68. The van der Waals surface area contributed by atoms with Crippen LogP contribution in [0.3, 0.4) is 0 Å². The lowest BCUT2D eigenvalue weighted by atomic mass is 10.1. The first-order valence-corrected chi connectivity index (χ1v) is 7.19. The highest BCUT2D eigenvalue weighted by molar-refractivity contribution is 7.13. The van der Waals surface area contributed by atoms with E-state index in [1.165, 1.54) is 44.1 Å². The van der Waals surface area contributed by atoms with Gasteiger partial charge in [-0.1, -0.05) is 50.9 Å². The molecule has 0 N–H and O–H groups in total. The van der Waals surface area contributed by atoms with Crippen molar-refractivity contribution in [1.29, 1.82) is 0 Å². The number of hydrogen-bond acceptors (Lipinski definition) is 1. The highest BCUT2D eigenvalue weighted by Gasteiger charge is 2.05. The van der Waals surface area contributed by atoms with Crippen LogP contribution in [0, 0.1) is 24.7 Å². The van der Waals surface area contributed by atoms with Crippen LogP contribution in [0.4, 0.5) is 0 Å². The van der Waals surface area contributed by atoms with Gasteiger partial charge in [0.2, 0.25) is 0 Å². The third-order valence-corrected chi connectivity index (χ3v) is 3.92. The van der Waals surface area contributed by atoms with Crippen molar-refractivity contribution in [2.75, 3.05) is 0 Å². The zero-order chi connectivity index (χ0) is 12.5. The molecule has 90 valence electrons. The summed E-state index contributed by atoms with van der Waals surface area (Å²) >= 11 is 1.56. The molecule has 1 rings (SSSR count). The Bertz CT molecular complexity index is 412. The Labute approximate surface area is 109 Å². The van der Waals surface area contributed by atoms with Crippen molar-refractivity contribution >= 4 is 11.3 Å². The number of thiophene rings is 1. The van der Waals surface area contributed by atoms with Gasteiger partial charge >= 0.3 is 0 Å². The van der Waals surface area contributed by atoms with E-state index in [0.717, 1.165) is 16.2 Å². The maximum absolute atomic E-state index is 5.48. The molecule has 0 aliphatic rings. The summed E-state index contributed by atoms with van der Waals surface area (Å²) in [6, 6.07) is 2.08. The summed E-state index contributed by atoms with van der Waals surface area (Å²) in [7, 11) is 0. The number of terminal acetylenes is 2. The molecule has 0 aliphatic carbocycles. The minimum Gasteiger partial charge on any atom is -0.118 e. The second kappa shape index (κ2) is 7.99. The molecule has 1 aromatic rings. The Hall–Kier alpha value is -1.18. The van der Waals surface area contributed by atoms with Crippen LogP contribution in [0.15, 0.2) is 6.07 Å². The molecular weight excluding hydrogens is 224 g/mol. The summed E-state index contributed by atoms with van der Waals surface area (Å²) in [6.45, 7) is 2.24. The first-order chi connectivity index (χ1) is 8.31. The molecule has 0 fully saturated rings. The molecule has 0 aromatic carbocycles. The Morgan fingerprint density at radius 3 is 2.41 bits per heavy atom. The number of aryl methyl sites for hydroxylation is 1. The minimum atomic E-state index is 0.957. The molecule has 0 unspecified atom stereocenters. The Morgan fingerprint density at radius 1 is 1.06 bits per heavy atom. The molecule has 17 heavy (non-hydrogen) atoms. The lowest BCUT2D eigenvalue weighted by molar-refractivity contribution is 0.607. The molecule has 0 spiro atoms. The first-order valence-electron chi connectivity index (χ1n) is 6.37. The Morgan fingerprint density at radius 2 is 1.76 bits per heavy atom. The zero-order valence-electron chi connectivity index (χ0n) is 10.6. The molecule has 0 aliphatic heterocycles. The lowest BCUT2D eigenvalue weighted by Gasteiger charge is -2.00. The van der Waals surface area contributed by atoms with E-state index in [2.05, 4.69) is 24.8 Å². The Balaban J connectivity index is 2.34. The molecule has 0 bridgehead atoms. The average molecular weight is 244 g/mol. The minimum absolute atomic E-state index is 0.957. The summed E-state index contributed by atoms with van der Waals surface area (Å²) in [5, 5.41) is 0. The van der Waals surface area contributed by atoms with Gasteiger partial charge < -0.3 is 0 Å². The van der Waals surface area contributed by atoms with Crippen molar-refractivity contribution in [2.45, 2.75) is 51.9 Å². The van der Waals surface area contributed by atoms with Gasteiger partial charge in [0.05, 0.1) is 9.75 Å². The molecule has 0 nitrogen and oxygen atoms in total. The number of unbranched alkanes of at least 4 members (excludes halogenated alkanes) is 5. The molecule has 0 radical (unpaired) electrons. The standard InChI is InChI=1S/C16H20S/c1-4-7-8-9-10-11-12-14-13-15(5-2)17-16(14)6-3/h2-3,13H,4,7-12H2,1H3. The van der Waals surface area contributed by atoms with E-state index in [1.807, 2.05) is 0 Å². The van der Waals surface area contributed by atoms with Gasteiger partial charge in [0, 0.05) is 0 Å². The highest BCUT2D eigenvalue weighted by Crippen LogP contribution is 2.23. The maximum Gasteiger partial charge on any atom is 0.0811 e. The van der Waals surface area contributed by atoms with Crippen molar-refractivity contribution in [3.05, 3.63) is 21.4 Å². The molecular formula is C16H20S. The van der Waals surface area contributed by atoms with Gasteiger partial charge in [0.15, 0.2) is 0 Å². The van der Waals surface area contributed by atoms with Crippen LogP contribution in [0.25, 0.3) is 0 Å². The predicted molar refractivity (Wildman–Crippen MR) is 77.3 cm³/mol. The largest absolute Gasteiger partial charge is 0.118 e. The molecule has 0 atom stereocenters. The predicted octanol–water partition coefficient (Wildman–Crippen LogP) is 4.61. The van der Waals surface area contributed by atoms with Gasteiger partial charge in [-0.25, -0.2) is 0 Å². The van der Waals surface area contributed by atoms with Crippen molar-refractivity contribution in [1.82, 2.24) is 0 Å². The van der Waals surface area contributed by atoms with Crippen LogP contribution in [0.5, 0.6) is 0 Å². The monoisotopic (exact) mass is 244 g/mol. The zero-order valence-corrected chi connectivity index (χ0v) is 11.4. The number of rotatable bonds is 7. The fraction of sp³-hybridized carbons (Fsp3) is 0.500. The van der Waals surface area contributed by atoms with Crippen LogP contribution in [-0.2, 0) is 6.42 Å². The van der Waals surface area contributed by atoms with E-state index in [1.54, 1.807) is 11.3 Å². The molecule has 1 heterocycles. The van der Waals surface area contributed by atoms with Crippen LogP contribution < -0.4 is 0 Å². The summed E-state index contributed by atoms with van der Waals surface area (Å²) in [5.74, 6) is 5.40. The van der Waals surface area contributed by atoms with Gasteiger partial charge in [0.25, 0.3) is 0 Å². The topological polar surface area (TPSA) is 0 Å². The molecule has 0 saturated carbocycles. The first kappa shape index (κ1) is 13.9. The molecule has 0 amide bonds. The molecule has 1 heteroatoms. The molecule has 0 saturated heterocycles. The van der Waals surface area contributed by atoms with Gasteiger partial charge in [-0.15, -0.1) is 24.2 Å². The van der Waals surface area contributed by atoms with Crippen LogP contribution in [0.1, 0.15) is 60.8 Å². The summed E-state index contributed by atoms with van der Waals surface area (Å²) < 4.78 is 0. The van der Waals surface area contributed by atoms with Crippen LogP contribution in [0.2, 0.25) is 0 Å². The van der Waals surface area contributed by atoms with Gasteiger partial charge in [-0.2, -0.15) is 0 Å². The van der Waals surface area contributed by atoms with E-state index in [0.29, 0.717) is 0 Å². The molecule has 1 aromatic heterocycles. The fourth-order valence-electron chi connectivity index (χ4n) is 1.90. The van der Waals surface area contributed by atoms with Crippen molar-refractivity contribution < 1.29 is 0 Å². The number of hydrogen-bond donors (Lipinski definition) is 0. The quantitative estimate of drug-likeness (QED) is 0.485. The van der Waals surface area contributed by atoms with E-state index >= 15 is 0 Å². The second-order valence-corrected chi connectivity index (χ2v) is 5.32. The van der Waals surface area contributed by atoms with Crippen molar-refractivity contribution in [3.8, 4) is 24.7 Å². The van der Waals surface area contributed by atoms with Gasteiger partial charge in [-0.05, 0) is 24.5 Å². The van der Waals surface area contributed by atoms with Crippen LogP contribution in [-0.4, -0.2) is 0 Å². The maximum atomic E-state index is 5.48. The van der Waals surface area contributed by atoms with E-state index < -0.39 is 0 Å². The van der Waals surface area contributed by atoms with Crippen molar-refractivity contribution in [3.63, 3.8) is 0 Å². The Kier molecular flexibility index (Phi) is 6.53. The third-order valence-electron chi connectivity index (χ3n) is 2.88. The van der Waals surface area contributed by atoms with E-state index in [-0.39, 0.29) is 0 Å². The summed E-state index contributed by atoms with van der Waals surface area (Å²) in [6.07, 6.45) is 19.8.